The third kappa shape index (κ3) is 2.97. The minimum Gasteiger partial charge on any atom is -0.495 e. The summed E-state index contributed by atoms with van der Waals surface area (Å²) in [5.41, 5.74) is 6.90. The highest BCUT2D eigenvalue weighted by Crippen LogP contribution is 2.33. The van der Waals surface area contributed by atoms with E-state index >= 15 is 0 Å². The number of hydrogen-bond acceptors (Lipinski definition) is 6. The molecule has 8 heteroatoms. The summed E-state index contributed by atoms with van der Waals surface area (Å²) < 4.78 is 5.30. The van der Waals surface area contributed by atoms with Gasteiger partial charge in [-0.15, -0.1) is 0 Å². The van der Waals surface area contributed by atoms with E-state index in [-0.39, 0.29) is 0 Å². The highest BCUT2D eigenvalue weighted by molar-refractivity contribution is 5.99. The van der Waals surface area contributed by atoms with Crippen molar-refractivity contribution >= 4 is 22.1 Å². The molecule has 8 nitrogen and oxygen atoms in total. The molecule has 0 unspecified atom stereocenters. The second-order valence-electron chi connectivity index (χ2n) is 7.33. The van der Waals surface area contributed by atoms with Crippen molar-refractivity contribution in [3.63, 3.8) is 0 Å². The first-order chi connectivity index (χ1) is 15.8. The quantitative estimate of drug-likeness (QED) is 0.431. The van der Waals surface area contributed by atoms with Gasteiger partial charge in [0.2, 0.25) is 0 Å². The van der Waals surface area contributed by atoms with Crippen LogP contribution >= 0.6 is 0 Å². The Hall–Kier alpha value is -4.59. The fourth-order valence-electron chi connectivity index (χ4n) is 3.86. The average molecular weight is 419 g/mol. The van der Waals surface area contributed by atoms with Crippen molar-refractivity contribution in [2.75, 3.05) is 7.11 Å². The molecule has 0 radical (unpaired) electrons. The maximum atomic E-state index is 5.30. The topological polar surface area (TPSA) is 105 Å². The van der Waals surface area contributed by atoms with E-state index in [0.717, 1.165) is 50.2 Å². The van der Waals surface area contributed by atoms with Gasteiger partial charge in [-0.2, -0.15) is 5.10 Å². The van der Waals surface area contributed by atoms with Gasteiger partial charge in [0, 0.05) is 52.3 Å². The van der Waals surface area contributed by atoms with Crippen molar-refractivity contribution in [2.24, 2.45) is 0 Å². The molecule has 6 heterocycles. The van der Waals surface area contributed by atoms with E-state index in [0.29, 0.717) is 11.4 Å². The molecule has 2 N–H and O–H groups in total. The highest BCUT2D eigenvalue weighted by atomic mass is 16.5. The molecule has 0 aliphatic rings. The zero-order valence-electron chi connectivity index (χ0n) is 17.1. The van der Waals surface area contributed by atoms with Crippen LogP contribution in [0, 0.1) is 0 Å². The molecular weight excluding hydrogens is 402 g/mol. The first-order valence-corrected chi connectivity index (χ1v) is 10.0. The van der Waals surface area contributed by atoms with Crippen LogP contribution in [0.4, 0.5) is 0 Å². The molecule has 154 valence electrons. The summed E-state index contributed by atoms with van der Waals surface area (Å²) in [6.07, 6.45) is 8.83. The summed E-state index contributed by atoms with van der Waals surface area (Å²) >= 11 is 0. The van der Waals surface area contributed by atoms with Crippen molar-refractivity contribution < 1.29 is 4.74 Å². The smallest absolute Gasteiger partial charge is 0.181 e. The number of nitrogens with zero attached hydrogens (tertiary/aromatic N) is 5. The minimum absolute atomic E-state index is 0.635. The molecule has 6 aromatic heterocycles. The fourth-order valence-corrected chi connectivity index (χ4v) is 3.86. The van der Waals surface area contributed by atoms with Gasteiger partial charge in [0.1, 0.15) is 11.4 Å². The van der Waals surface area contributed by atoms with Crippen LogP contribution in [0.1, 0.15) is 0 Å². The standard InChI is InChI=1S/C24H17N7O/c1-32-16-8-14(11-25-13-16)15-9-19-22(30-31-24(19)28-12-15)21-10-18-17(5-7-27-23(18)29-21)20-4-2-3-6-26-20/h2-13H,1H3,(H,27,29)(H,28,30,31). The summed E-state index contributed by atoms with van der Waals surface area (Å²) in [6.45, 7) is 0. The Bertz CT molecular complexity index is 1570. The van der Waals surface area contributed by atoms with Crippen molar-refractivity contribution in [1.82, 2.24) is 35.1 Å². The number of methoxy groups -OCH3 is 1. The fraction of sp³-hybridized carbons (Fsp3) is 0.0417. The maximum Gasteiger partial charge on any atom is 0.181 e. The van der Waals surface area contributed by atoms with Crippen LogP contribution in [0.2, 0.25) is 0 Å². The van der Waals surface area contributed by atoms with E-state index in [9.17, 15) is 0 Å². The van der Waals surface area contributed by atoms with Crippen molar-refractivity contribution in [1.29, 1.82) is 0 Å². The number of rotatable bonds is 4. The molecule has 0 aromatic carbocycles. The van der Waals surface area contributed by atoms with Crippen LogP contribution in [-0.2, 0) is 0 Å². The number of aromatic amines is 2. The Kier molecular flexibility index (Phi) is 4.14. The van der Waals surface area contributed by atoms with E-state index in [1.54, 1.807) is 38.1 Å². The van der Waals surface area contributed by atoms with E-state index < -0.39 is 0 Å². The van der Waals surface area contributed by atoms with E-state index in [2.05, 4.69) is 47.2 Å². The number of ether oxygens (including phenoxy) is 1. The largest absolute Gasteiger partial charge is 0.495 e. The van der Waals surface area contributed by atoms with Gasteiger partial charge in [0.05, 0.1) is 30.4 Å². The lowest BCUT2D eigenvalue weighted by Gasteiger charge is -2.04. The normalized spacial score (nSPS) is 11.3. The predicted octanol–water partition coefficient (Wildman–Crippen LogP) is 4.63. The monoisotopic (exact) mass is 419 g/mol. The summed E-state index contributed by atoms with van der Waals surface area (Å²) in [5.74, 6) is 0.693. The Morgan fingerprint density at radius 2 is 1.78 bits per heavy atom. The number of hydrogen-bond donors (Lipinski definition) is 2. The second-order valence-corrected chi connectivity index (χ2v) is 7.33. The van der Waals surface area contributed by atoms with Gasteiger partial charge in [-0.05, 0) is 36.4 Å². The van der Waals surface area contributed by atoms with Gasteiger partial charge in [0.15, 0.2) is 5.65 Å². The van der Waals surface area contributed by atoms with Gasteiger partial charge in [-0.25, -0.2) is 9.97 Å². The van der Waals surface area contributed by atoms with Crippen molar-refractivity contribution in [3.05, 3.63) is 73.4 Å². The Balaban J connectivity index is 1.50. The molecule has 32 heavy (non-hydrogen) atoms. The SMILES string of the molecule is COc1cncc(-c2cnc3n[nH]c(-c4cc5c(-c6ccccn6)ccnc5[nH]4)c3c2)c1. The van der Waals surface area contributed by atoms with Crippen LogP contribution in [0.15, 0.2) is 73.4 Å². The summed E-state index contributed by atoms with van der Waals surface area (Å²) in [5, 5.41) is 9.40. The third-order valence-electron chi connectivity index (χ3n) is 5.43. The molecule has 6 aromatic rings. The van der Waals surface area contributed by atoms with Crippen LogP contribution in [0.5, 0.6) is 5.75 Å². The summed E-state index contributed by atoms with van der Waals surface area (Å²) in [7, 11) is 1.62. The van der Waals surface area contributed by atoms with Crippen LogP contribution in [0.3, 0.4) is 0 Å². The molecule has 0 fully saturated rings. The molecule has 0 aliphatic carbocycles. The summed E-state index contributed by atoms with van der Waals surface area (Å²) in [6, 6.07) is 13.9. The molecule has 0 spiro atoms. The molecule has 0 bridgehead atoms. The first kappa shape index (κ1) is 18.2. The van der Waals surface area contributed by atoms with Gasteiger partial charge < -0.3 is 9.72 Å². The Labute approximate surface area is 182 Å². The maximum absolute atomic E-state index is 5.30. The minimum atomic E-state index is 0.635. The highest BCUT2D eigenvalue weighted by Gasteiger charge is 2.15. The van der Waals surface area contributed by atoms with Gasteiger partial charge in [-0.3, -0.25) is 15.1 Å². The first-order valence-electron chi connectivity index (χ1n) is 10.0. The molecule has 0 amide bonds. The van der Waals surface area contributed by atoms with Crippen LogP contribution < -0.4 is 4.74 Å². The van der Waals surface area contributed by atoms with E-state index in [1.165, 1.54) is 0 Å². The number of aromatic nitrogens is 7. The predicted molar refractivity (Wildman–Crippen MR) is 122 cm³/mol. The lowest BCUT2D eigenvalue weighted by molar-refractivity contribution is 0.413. The Morgan fingerprint density at radius 1 is 0.844 bits per heavy atom. The lowest BCUT2D eigenvalue weighted by atomic mass is 10.1. The number of fused-ring (bicyclic) bond motifs is 2. The van der Waals surface area contributed by atoms with Gasteiger partial charge in [-0.1, -0.05) is 6.07 Å². The molecule has 0 saturated carbocycles. The number of H-pyrrole nitrogens is 2. The van der Waals surface area contributed by atoms with E-state index in [4.69, 9.17) is 4.74 Å². The molecule has 0 atom stereocenters. The zero-order valence-corrected chi connectivity index (χ0v) is 17.1. The van der Waals surface area contributed by atoms with Gasteiger partial charge >= 0.3 is 0 Å². The van der Waals surface area contributed by atoms with Gasteiger partial charge in [0.25, 0.3) is 0 Å². The number of pyridine rings is 4. The van der Waals surface area contributed by atoms with Crippen molar-refractivity contribution in [2.45, 2.75) is 0 Å². The second kappa shape index (κ2) is 7.28. The van der Waals surface area contributed by atoms with E-state index in [1.807, 2.05) is 30.3 Å². The Morgan fingerprint density at radius 3 is 2.66 bits per heavy atom. The number of nitrogens with one attached hydrogen (secondary N) is 2. The molecular formula is C24H17N7O. The molecule has 0 saturated heterocycles. The molecule has 6 rings (SSSR count). The summed E-state index contributed by atoms with van der Waals surface area (Å²) in [4.78, 5) is 21.2. The van der Waals surface area contributed by atoms with Crippen molar-refractivity contribution in [3.8, 4) is 39.5 Å². The lowest BCUT2D eigenvalue weighted by Crippen LogP contribution is -1.87. The molecule has 0 aliphatic heterocycles. The zero-order chi connectivity index (χ0) is 21.5. The average Bonchev–Trinajstić information content (AvgIpc) is 3.48. The van der Waals surface area contributed by atoms with Crippen LogP contribution in [-0.4, -0.2) is 42.2 Å². The van der Waals surface area contributed by atoms with Crippen LogP contribution in [0.25, 0.3) is 55.8 Å². The third-order valence-corrected chi connectivity index (χ3v) is 5.43.